The summed E-state index contributed by atoms with van der Waals surface area (Å²) in [5.41, 5.74) is 0. The van der Waals surface area contributed by atoms with Gasteiger partial charge in [0.25, 0.3) is 0 Å². The van der Waals surface area contributed by atoms with Crippen LogP contribution in [0.4, 0.5) is 0 Å². The monoisotopic (exact) mass is 224 g/mol. The van der Waals surface area contributed by atoms with E-state index in [0.717, 1.165) is 17.9 Å². The molecule has 2 heteroatoms. The Labute approximate surface area is 101 Å². The fourth-order valence-electron chi connectivity index (χ4n) is 2.71. The Kier molecular flexibility index (Phi) is 4.66. The molecule has 0 atom stereocenters. The second-order valence-electron chi connectivity index (χ2n) is 6.01. The number of hydrogen-bond donors (Lipinski definition) is 1. The summed E-state index contributed by atoms with van der Waals surface area (Å²) in [5, 5.41) is 3.45. The number of nitrogens with zero attached hydrogens (tertiary/aromatic N) is 1. The highest BCUT2D eigenvalue weighted by atomic mass is 15.1. The van der Waals surface area contributed by atoms with Crippen LogP contribution in [-0.2, 0) is 0 Å². The van der Waals surface area contributed by atoms with E-state index in [-0.39, 0.29) is 0 Å². The summed E-state index contributed by atoms with van der Waals surface area (Å²) >= 11 is 0. The minimum absolute atomic E-state index is 0.738. The van der Waals surface area contributed by atoms with Crippen molar-refractivity contribution in [2.45, 2.75) is 52.0 Å². The van der Waals surface area contributed by atoms with Crippen LogP contribution >= 0.6 is 0 Å². The number of hydrogen-bond acceptors (Lipinski definition) is 2. The SMILES string of the molecule is CC(C)N(CCC1CCNCC1)CC1CC1. The van der Waals surface area contributed by atoms with Gasteiger partial charge in [-0.3, -0.25) is 0 Å². The molecule has 1 heterocycles. The van der Waals surface area contributed by atoms with E-state index in [4.69, 9.17) is 0 Å². The minimum Gasteiger partial charge on any atom is -0.317 e. The van der Waals surface area contributed by atoms with Crippen molar-refractivity contribution in [3.63, 3.8) is 0 Å². The number of rotatable bonds is 6. The summed E-state index contributed by atoms with van der Waals surface area (Å²) < 4.78 is 0. The highest BCUT2D eigenvalue weighted by Gasteiger charge is 2.25. The highest BCUT2D eigenvalue weighted by molar-refractivity contribution is 4.79. The van der Waals surface area contributed by atoms with E-state index in [1.807, 2.05) is 0 Å². The van der Waals surface area contributed by atoms with Gasteiger partial charge in [0.1, 0.15) is 0 Å². The molecule has 0 amide bonds. The van der Waals surface area contributed by atoms with Crippen molar-refractivity contribution in [3.05, 3.63) is 0 Å². The molecule has 1 aliphatic carbocycles. The van der Waals surface area contributed by atoms with Gasteiger partial charge in [-0.05, 0) is 77.4 Å². The summed E-state index contributed by atoms with van der Waals surface area (Å²) in [7, 11) is 0. The van der Waals surface area contributed by atoms with E-state index in [1.165, 1.54) is 58.3 Å². The van der Waals surface area contributed by atoms with Crippen LogP contribution < -0.4 is 5.32 Å². The lowest BCUT2D eigenvalue weighted by Crippen LogP contribution is -2.36. The van der Waals surface area contributed by atoms with Gasteiger partial charge >= 0.3 is 0 Å². The molecule has 94 valence electrons. The van der Waals surface area contributed by atoms with Crippen molar-refractivity contribution < 1.29 is 0 Å². The molecule has 0 aromatic heterocycles. The zero-order chi connectivity index (χ0) is 11.4. The average Bonchev–Trinajstić information content (AvgIpc) is 3.09. The second-order valence-corrected chi connectivity index (χ2v) is 6.01. The molecule has 0 bridgehead atoms. The van der Waals surface area contributed by atoms with Gasteiger partial charge in [-0.25, -0.2) is 0 Å². The third-order valence-corrected chi connectivity index (χ3v) is 4.20. The maximum Gasteiger partial charge on any atom is 0.00387 e. The number of piperidine rings is 1. The van der Waals surface area contributed by atoms with Gasteiger partial charge in [-0.15, -0.1) is 0 Å². The molecule has 0 unspecified atom stereocenters. The molecule has 0 aromatic rings. The van der Waals surface area contributed by atoms with Gasteiger partial charge < -0.3 is 10.2 Å². The number of nitrogens with one attached hydrogen (secondary N) is 1. The molecule has 0 spiro atoms. The van der Waals surface area contributed by atoms with Crippen molar-refractivity contribution in [1.82, 2.24) is 10.2 Å². The predicted octanol–water partition coefficient (Wildman–Crippen LogP) is 2.50. The molecule has 2 nitrogen and oxygen atoms in total. The molecule has 1 saturated carbocycles. The van der Waals surface area contributed by atoms with E-state index >= 15 is 0 Å². The Balaban J connectivity index is 1.67. The third-order valence-electron chi connectivity index (χ3n) is 4.20. The lowest BCUT2D eigenvalue weighted by molar-refractivity contribution is 0.188. The lowest BCUT2D eigenvalue weighted by Gasteiger charge is -2.30. The van der Waals surface area contributed by atoms with Gasteiger partial charge in [0.2, 0.25) is 0 Å². The van der Waals surface area contributed by atoms with Gasteiger partial charge in [0.05, 0.1) is 0 Å². The Morgan fingerprint density at radius 2 is 1.75 bits per heavy atom. The maximum absolute atomic E-state index is 3.45. The molecule has 2 aliphatic rings. The minimum atomic E-state index is 0.738. The maximum atomic E-state index is 3.45. The molecule has 1 aliphatic heterocycles. The summed E-state index contributed by atoms with van der Waals surface area (Å²) in [4.78, 5) is 2.71. The molecular formula is C14H28N2. The van der Waals surface area contributed by atoms with E-state index in [0.29, 0.717) is 0 Å². The lowest BCUT2D eigenvalue weighted by atomic mass is 9.94. The van der Waals surface area contributed by atoms with Crippen molar-refractivity contribution >= 4 is 0 Å². The van der Waals surface area contributed by atoms with Crippen LogP contribution in [0.5, 0.6) is 0 Å². The van der Waals surface area contributed by atoms with Gasteiger partial charge in [0, 0.05) is 12.6 Å². The van der Waals surface area contributed by atoms with Crippen LogP contribution in [0.3, 0.4) is 0 Å². The van der Waals surface area contributed by atoms with Gasteiger partial charge in [-0.2, -0.15) is 0 Å². The first-order valence-corrected chi connectivity index (χ1v) is 7.20. The Bertz CT molecular complexity index is 193. The van der Waals surface area contributed by atoms with Crippen molar-refractivity contribution in [1.29, 1.82) is 0 Å². The average molecular weight is 224 g/mol. The normalized spacial score (nSPS) is 23.2. The Morgan fingerprint density at radius 3 is 2.31 bits per heavy atom. The van der Waals surface area contributed by atoms with E-state index in [9.17, 15) is 0 Å². The van der Waals surface area contributed by atoms with E-state index in [2.05, 4.69) is 24.1 Å². The molecule has 2 fully saturated rings. The van der Waals surface area contributed by atoms with Crippen molar-refractivity contribution in [2.24, 2.45) is 11.8 Å². The van der Waals surface area contributed by atoms with Crippen molar-refractivity contribution in [3.8, 4) is 0 Å². The molecule has 0 radical (unpaired) electrons. The molecule has 1 saturated heterocycles. The van der Waals surface area contributed by atoms with Crippen LogP contribution in [-0.4, -0.2) is 37.1 Å². The predicted molar refractivity (Wildman–Crippen MR) is 69.6 cm³/mol. The van der Waals surface area contributed by atoms with Crippen LogP contribution in [0.2, 0.25) is 0 Å². The zero-order valence-corrected chi connectivity index (χ0v) is 11.0. The van der Waals surface area contributed by atoms with Crippen LogP contribution in [0.15, 0.2) is 0 Å². The molecular weight excluding hydrogens is 196 g/mol. The second kappa shape index (κ2) is 6.02. The van der Waals surface area contributed by atoms with E-state index < -0.39 is 0 Å². The topological polar surface area (TPSA) is 15.3 Å². The van der Waals surface area contributed by atoms with Crippen LogP contribution in [0, 0.1) is 11.8 Å². The third kappa shape index (κ3) is 4.06. The smallest absolute Gasteiger partial charge is 0.00387 e. The first-order chi connectivity index (χ1) is 7.75. The quantitative estimate of drug-likeness (QED) is 0.746. The van der Waals surface area contributed by atoms with Crippen LogP contribution in [0.25, 0.3) is 0 Å². The molecule has 1 N–H and O–H groups in total. The van der Waals surface area contributed by atoms with E-state index in [1.54, 1.807) is 0 Å². The van der Waals surface area contributed by atoms with Gasteiger partial charge in [0.15, 0.2) is 0 Å². The largest absolute Gasteiger partial charge is 0.317 e. The molecule has 16 heavy (non-hydrogen) atoms. The Morgan fingerprint density at radius 1 is 1.06 bits per heavy atom. The summed E-state index contributed by atoms with van der Waals surface area (Å²) in [6.45, 7) is 9.89. The fourth-order valence-corrected chi connectivity index (χ4v) is 2.71. The van der Waals surface area contributed by atoms with Crippen molar-refractivity contribution in [2.75, 3.05) is 26.2 Å². The summed E-state index contributed by atoms with van der Waals surface area (Å²) in [5.74, 6) is 2.03. The first-order valence-electron chi connectivity index (χ1n) is 7.20. The molecule has 2 rings (SSSR count). The zero-order valence-electron chi connectivity index (χ0n) is 11.0. The van der Waals surface area contributed by atoms with Gasteiger partial charge in [-0.1, -0.05) is 0 Å². The Hall–Kier alpha value is -0.0800. The highest BCUT2D eigenvalue weighted by Crippen LogP contribution is 2.30. The summed E-state index contributed by atoms with van der Waals surface area (Å²) in [6, 6.07) is 0.738. The fraction of sp³-hybridized carbons (Fsp3) is 1.00. The standard InChI is InChI=1S/C14H28N2/c1-12(2)16(11-14-3-4-14)10-7-13-5-8-15-9-6-13/h12-15H,3-11H2,1-2H3. The summed E-state index contributed by atoms with van der Waals surface area (Å²) in [6.07, 6.45) is 7.18. The first kappa shape index (κ1) is 12.4. The molecule has 0 aromatic carbocycles. The van der Waals surface area contributed by atoms with Crippen LogP contribution in [0.1, 0.15) is 46.0 Å².